The van der Waals surface area contributed by atoms with Gasteiger partial charge in [0.1, 0.15) is 0 Å². The lowest BCUT2D eigenvalue weighted by molar-refractivity contribution is 0.0210. The molecule has 1 aliphatic heterocycles. The monoisotopic (exact) mass is 322 g/mol. The molecule has 0 bridgehead atoms. The van der Waals surface area contributed by atoms with Gasteiger partial charge in [-0.05, 0) is 18.6 Å². The molecule has 1 saturated heterocycles. The van der Waals surface area contributed by atoms with E-state index in [0.717, 1.165) is 22.2 Å². The molecule has 1 aromatic carbocycles. The Balaban J connectivity index is 1.98. The van der Waals surface area contributed by atoms with Gasteiger partial charge in [0.05, 0.1) is 35.4 Å². The smallest absolute Gasteiger partial charge is 0.0988 e. The molecular weight excluding hydrogens is 304 g/mol. The molecule has 2 heterocycles. The van der Waals surface area contributed by atoms with E-state index >= 15 is 0 Å². The number of rotatable bonds is 3. The molecule has 0 amide bonds. The first-order valence-corrected chi connectivity index (χ1v) is 7.65. The van der Waals surface area contributed by atoms with Crippen LogP contribution < -0.4 is 0 Å². The van der Waals surface area contributed by atoms with E-state index in [1.807, 2.05) is 36.1 Å². The summed E-state index contributed by atoms with van der Waals surface area (Å²) in [5.41, 5.74) is 2.62. The van der Waals surface area contributed by atoms with Crippen molar-refractivity contribution in [1.82, 2.24) is 9.88 Å². The third-order valence-corrected chi connectivity index (χ3v) is 4.55. The van der Waals surface area contributed by atoms with Crippen LogP contribution in [0.1, 0.15) is 11.3 Å². The number of para-hydroxylation sites is 1. The van der Waals surface area contributed by atoms with Crippen molar-refractivity contribution >= 4 is 22.5 Å². The van der Waals surface area contributed by atoms with Gasteiger partial charge in [0, 0.05) is 24.2 Å². The molecule has 1 fully saturated rings. The molecule has 5 nitrogen and oxygen atoms in total. The molecule has 0 saturated carbocycles. The molecule has 3 rings (SSSR count). The molecule has 1 aliphatic rings. The summed E-state index contributed by atoms with van der Waals surface area (Å²) in [4.78, 5) is 6.45. The minimum Gasteiger partial charge on any atom is -0.395 e. The fourth-order valence-corrected chi connectivity index (χ4v) is 3.40. The minimum absolute atomic E-state index is 0.198. The Morgan fingerprint density at radius 3 is 2.86 bits per heavy atom. The van der Waals surface area contributed by atoms with Crippen molar-refractivity contribution in [3.8, 4) is 0 Å². The molecular formula is C16H19ClN2O3. The van der Waals surface area contributed by atoms with Gasteiger partial charge in [0.25, 0.3) is 0 Å². The number of hydrogen-bond acceptors (Lipinski definition) is 5. The molecule has 2 aromatic rings. The minimum atomic E-state index is -0.932. The van der Waals surface area contributed by atoms with Gasteiger partial charge in [-0.15, -0.1) is 0 Å². The topological polar surface area (TPSA) is 76.8 Å². The van der Waals surface area contributed by atoms with E-state index in [9.17, 15) is 15.3 Å². The van der Waals surface area contributed by atoms with Crippen molar-refractivity contribution in [2.24, 2.45) is 0 Å². The summed E-state index contributed by atoms with van der Waals surface area (Å²) in [5, 5.41) is 30.7. The van der Waals surface area contributed by atoms with Crippen LogP contribution in [0.5, 0.6) is 0 Å². The number of halogens is 1. The van der Waals surface area contributed by atoms with Crippen LogP contribution >= 0.6 is 11.6 Å². The number of aromatic nitrogens is 1. The maximum atomic E-state index is 9.92. The zero-order chi connectivity index (χ0) is 15.9. The second kappa shape index (κ2) is 6.10. The van der Waals surface area contributed by atoms with Crippen molar-refractivity contribution in [2.45, 2.75) is 31.7 Å². The van der Waals surface area contributed by atoms with Gasteiger partial charge in [-0.3, -0.25) is 9.88 Å². The molecule has 118 valence electrons. The molecule has 3 N–H and O–H groups in total. The van der Waals surface area contributed by atoms with E-state index in [0.29, 0.717) is 18.1 Å². The third-order valence-electron chi connectivity index (χ3n) is 4.24. The molecule has 22 heavy (non-hydrogen) atoms. The summed E-state index contributed by atoms with van der Waals surface area (Å²) in [7, 11) is 0. The fourth-order valence-electron chi connectivity index (χ4n) is 3.09. The lowest BCUT2D eigenvalue weighted by Crippen LogP contribution is -2.38. The first-order chi connectivity index (χ1) is 10.5. The molecule has 6 heteroatoms. The second-order valence-electron chi connectivity index (χ2n) is 5.80. The first kappa shape index (κ1) is 15.6. The largest absolute Gasteiger partial charge is 0.395 e. The number of fused-ring (bicyclic) bond motifs is 1. The van der Waals surface area contributed by atoms with Crippen LogP contribution in [0.15, 0.2) is 24.3 Å². The zero-order valence-electron chi connectivity index (χ0n) is 12.3. The van der Waals surface area contributed by atoms with Crippen LogP contribution in [0.4, 0.5) is 0 Å². The van der Waals surface area contributed by atoms with Gasteiger partial charge in [-0.2, -0.15) is 0 Å². The Hall–Kier alpha value is -1.24. The second-order valence-corrected chi connectivity index (χ2v) is 6.20. The summed E-state index contributed by atoms with van der Waals surface area (Å²) < 4.78 is 0. The summed E-state index contributed by atoms with van der Waals surface area (Å²) >= 11 is 6.28. The van der Waals surface area contributed by atoms with Crippen LogP contribution in [0, 0.1) is 6.92 Å². The number of hydrogen-bond donors (Lipinski definition) is 3. The van der Waals surface area contributed by atoms with Crippen molar-refractivity contribution in [2.75, 3.05) is 13.2 Å². The first-order valence-electron chi connectivity index (χ1n) is 7.27. The number of aliphatic hydroxyl groups is 3. The van der Waals surface area contributed by atoms with Crippen LogP contribution in [0.3, 0.4) is 0 Å². The van der Waals surface area contributed by atoms with Gasteiger partial charge < -0.3 is 15.3 Å². The molecule has 0 unspecified atom stereocenters. The van der Waals surface area contributed by atoms with Crippen molar-refractivity contribution < 1.29 is 15.3 Å². The average Bonchev–Trinajstić information content (AvgIpc) is 2.74. The highest BCUT2D eigenvalue weighted by molar-refractivity contribution is 6.35. The van der Waals surface area contributed by atoms with E-state index < -0.39 is 18.2 Å². The summed E-state index contributed by atoms with van der Waals surface area (Å²) in [5.74, 6) is 0. The van der Waals surface area contributed by atoms with Crippen LogP contribution in [-0.2, 0) is 6.54 Å². The lowest BCUT2D eigenvalue weighted by Gasteiger charge is -2.24. The third kappa shape index (κ3) is 2.71. The molecule has 0 aliphatic carbocycles. The number of pyridine rings is 1. The number of aliphatic hydroxyl groups excluding tert-OH is 3. The summed E-state index contributed by atoms with van der Waals surface area (Å²) in [6.45, 7) is 2.50. The number of aryl methyl sites for hydroxylation is 1. The Bertz CT molecular complexity index is 694. The number of benzene rings is 1. The SMILES string of the molecule is Cc1cc(Cl)c2cccc(CN3C[C@H](O)[C@H](O)[C@H]3CO)c2n1. The van der Waals surface area contributed by atoms with Crippen LogP contribution in [-0.4, -0.2) is 56.6 Å². The van der Waals surface area contributed by atoms with Gasteiger partial charge >= 0.3 is 0 Å². The van der Waals surface area contributed by atoms with E-state index in [4.69, 9.17) is 11.6 Å². The average molecular weight is 323 g/mol. The maximum absolute atomic E-state index is 9.92. The number of nitrogens with zero attached hydrogens (tertiary/aromatic N) is 2. The Labute approximate surface area is 133 Å². The van der Waals surface area contributed by atoms with Gasteiger partial charge in [-0.25, -0.2) is 0 Å². The molecule has 0 radical (unpaired) electrons. The Kier molecular flexibility index (Phi) is 4.34. The molecule has 1 aromatic heterocycles. The van der Waals surface area contributed by atoms with E-state index in [2.05, 4.69) is 4.98 Å². The van der Waals surface area contributed by atoms with Crippen molar-refractivity contribution in [3.63, 3.8) is 0 Å². The lowest BCUT2D eigenvalue weighted by atomic mass is 10.1. The van der Waals surface area contributed by atoms with E-state index in [1.165, 1.54) is 0 Å². The van der Waals surface area contributed by atoms with Gasteiger partial charge in [0.2, 0.25) is 0 Å². The van der Waals surface area contributed by atoms with E-state index in [-0.39, 0.29) is 6.61 Å². The predicted octanol–water partition coefficient (Wildman–Crippen LogP) is 1.09. The highest BCUT2D eigenvalue weighted by atomic mass is 35.5. The number of likely N-dealkylation sites (tertiary alicyclic amines) is 1. The fraction of sp³-hybridized carbons (Fsp3) is 0.438. The predicted molar refractivity (Wildman–Crippen MR) is 84.8 cm³/mol. The zero-order valence-corrected chi connectivity index (χ0v) is 13.0. The quantitative estimate of drug-likeness (QED) is 0.789. The van der Waals surface area contributed by atoms with Gasteiger partial charge in [0.15, 0.2) is 0 Å². The highest BCUT2D eigenvalue weighted by Gasteiger charge is 2.39. The maximum Gasteiger partial charge on any atom is 0.0988 e. The van der Waals surface area contributed by atoms with E-state index in [1.54, 1.807) is 0 Å². The molecule has 0 spiro atoms. The molecule has 3 atom stereocenters. The Morgan fingerprint density at radius 2 is 2.14 bits per heavy atom. The summed E-state index contributed by atoms with van der Waals surface area (Å²) in [6.07, 6.45) is -1.77. The van der Waals surface area contributed by atoms with Crippen molar-refractivity contribution in [3.05, 3.63) is 40.5 Å². The standard InChI is InChI=1S/C16H19ClN2O3/c1-9-5-12(17)11-4-2-3-10(15(11)18-9)6-19-7-14(21)16(22)13(19)8-20/h2-5,13-14,16,20-22H,6-8H2,1H3/t13-,14+,16-/m1/s1. The summed E-state index contributed by atoms with van der Waals surface area (Å²) in [6, 6.07) is 7.15. The highest BCUT2D eigenvalue weighted by Crippen LogP contribution is 2.28. The Morgan fingerprint density at radius 1 is 1.36 bits per heavy atom. The van der Waals surface area contributed by atoms with Crippen LogP contribution in [0.25, 0.3) is 10.9 Å². The normalized spacial score (nSPS) is 26.0. The van der Waals surface area contributed by atoms with Crippen molar-refractivity contribution in [1.29, 1.82) is 0 Å². The number of β-amino-alcohol motifs (C(OH)–C–C–N with tert-alkyl or cyclic N) is 1. The van der Waals surface area contributed by atoms with Crippen LogP contribution in [0.2, 0.25) is 5.02 Å². The van der Waals surface area contributed by atoms with Gasteiger partial charge in [-0.1, -0.05) is 29.8 Å².